The fourth-order valence-corrected chi connectivity index (χ4v) is 2.54. The van der Waals surface area contributed by atoms with Gasteiger partial charge in [-0.1, -0.05) is 24.3 Å². The molecule has 2 rings (SSSR count). The molecule has 1 unspecified atom stereocenters. The quantitative estimate of drug-likeness (QED) is 0.768. The van der Waals surface area contributed by atoms with Gasteiger partial charge < -0.3 is 4.74 Å². The third kappa shape index (κ3) is 2.56. The smallest absolute Gasteiger partial charge is 0.323 e. The topological polar surface area (TPSA) is 29.5 Å². The highest BCUT2D eigenvalue weighted by molar-refractivity contribution is 5.76. The van der Waals surface area contributed by atoms with Crippen LogP contribution in [0.15, 0.2) is 24.3 Å². The fraction of sp³-hybridized carbons (Fsp3) is 0.533. The maximum atomic E-state index is 12.1. The number of benzene rings is 1. The van der Waals surface area contributed by atoms with E-state index in [1.54, 1.807) is 0 Å². The van der Waals surface area contributed by atoms with Crippen molar-refractivity contribution in [3.63, 3.8) is 0 Å². The lowest BCUT2D eigenvalue weighted by molar-refractivity contribution is -0.151. The van der Waals surface area contributed by atoms with E-state index in [9.17, 15) is 4.79 Å². The zero-order valence-electron chi connectivity index (χ0n) is 11.3. The van der Waals surface area contributed by atoms with Crippen molar-refractivity contribution >= 4 is 5.97 Å². The number of carbonyl (C=O) groups excluding carboxylic acids is 1. The molecule has 1 aromatic rings. The Balaban J connectivity index is 2.26. The number of hydrogen-bond acceptors (Lipinski definition) is 3. The molecule has 98 valence electrons. The largest absolute Gasteiger partial charge is 0.465 e. The van der Waals surface area contributed by atoms with Gasteiger partial charge in [-0.2, -0.15) is 0 Å². The third-order valence-electron chi connectivity index (χ3n) is 3.51. The molecule has 0 aromatic heterocycles. The first-order valence-electron chi connectivity index (χ1n) is 6.62. The summed E-state index contributed by atoms with van der Waals surface area (Å²) >= 11 is 0. The first-order valence-corrected chi connectivity index (χ1v) is 6.62. The summed E-state index contributed by atoms with van der Waals surface area (Å²) in [4.78, 5) is 14.3. The van der Waals surface area contributed by atoms with Gasteiger partial charge in [0.05, 0.1) is 6.61 Å². The molecule has 0 spiro atoms. The Labute approximate surface area is 109 Å². The van der Waals surface area contributed by atoms with Gasteiger partial charge in [-0.3, -0.25) is 9.69 Å². The molecule has 0 amide bonds. The molecule has 3 nitrogen and oxygen atoms in total. The lowest BCUT2D eigenvalue weighted by atomic mass is 9.93. The molecular weight excluding hydrogens is 226 g/mol. The lowest BCUT2D eigenvalue weighted by Gasteiger charge is -2.38. The van der Waals surface area contributed by atoms with E-state index in [4.69, 9.17) is 4.74 Å². The summed E-state index contributed by atoms with van der Waals surface area (Å²) in [6.07, 6.45) is 0.757. The van der Waals surface area contributed by atoms with E-state index >= 15 is 0 Å². The molecule has 1 atom stereocenters. The maximum Gasteiger partial charge on any atom is 0.323 e. The number of rotatable bonds is 3. The number of ether oxygens (including phenoxy) is 1. The van der Waals surface area contributed by atoms with Gasteiger partial charge in [0.1, 0.15) is 6.04 Å². The van der Waals surface area contributed by atoms with Crippen LogP contribution in [0, 0.1) is 0 Å². The molecule has 3 heteroatoms. The van der Waals surface area contributed by atoms with Gasteiger partial charge in [0.2, 0.25) is 0 Å². The summed E-state index contributed by atoms with van der Waals surface area (Å²) in [5, 5.41) is 0. The van der Waals surface area contributed by atoms with Crippen LogP contribution in [0.1, 0.15) is 31.9 Å². The lowest BCUT2D eigenvalue weighted by Crippen LogP contribution is -2.49. The summed E-state index contributed by atoms with van der Waals surface area (Å²) < 4.78 is 5.20. The molecule has 18 heavy (non-hydrogen) atoms. The Morgan fingerprint density at radius 1 is 1.39 bits per heavy atom. The molecule has 0 saturated carbocycles. The first-order chi connectivity index (χ1) is 8.63. The first kappa shape index (κ1) is 13.1. The minimum Gasteiger partial charge on any atom is -0.465 e. The number of carbonyl (C=O) groups is 1. The van der Waals surface area contributed by atoms with Gasteiger partial charge in [-0.15, -0.1) is 0 Å². The van der Waals surface area contributed by atoms with Gasteiger partial charge in [-0.25, -0.2) is 0 Å². The number of esters is 1. The van der Waals surface area contributed by atoms with Crippen LogP contribution in [-0.4, -0.2) is 29.6 Å². The highest BCUT2D eigenvalue weighted by atomic mass is 16.5. The molecule has 0 radical (unpaired) electrons. The Morgan fingerprint density at radius 2 is 2.06 bits per heavy atom. The minimum absolute atomic E-state index is 0.0966. The SMILES string of the molecule is CCOC(=O)C1Cc2ccccc2CN1C(C)C. The summed E-state index contributed by atoms with van der Waals surface area (Å²) in [7, 11) is 0. The molecule has 1 aliphatic heterocycles. The highest BCUT2D eigenvalue weighted by Gasteiger charge is 2.33. The van der Waals surface area contributed by atoms with Crippen LogP contribution in [0.2, 0.25) is 0 Å². The van der Waals surface area contributed by atoms with Crippen molar-refractivity contribution in [2.45, 2.75) is 45.8 Å². The molecule has 1 heterocycles. The van der Waals surface area contributed by atoms with E-state index in [1.807, 2.05) is 13.0 Å². The van der Waals surface area contributed by atoms with E-state index in [0.29, 0.717) is 12.6 Å². The maximum absolute atomic E-state index is 12.1. The highest BCUT2D eigenvalue weighted by Crippen LogP contribution is 2.25. The number of hydrogen-bond donors (Lipinski definition) is 0. The fourth-order valence-electron chi connectivity index (χ4n) is 2.54. The average Bonchev–Trinajstić information content (AvgIpc) is 2.37. The molecule has 1 aliphatic rings. The molecule has 0 saturated heterocycles. The van der Waals surface area contributed by atoms with Crippen molar-refractivity contribution in [1.29, 1.82) is 0 Å². The molecule has 0 aliphatic carbocycles. The van der Waals surface area contributed by atoms with Crippen LogP contribution in [0.4, 0.5) is 0 Å². The van der Waals surface area contributed by atoms with Gasteiger partial charge in [0.15, 0.2) is 0 Å². The van der Waals surface area contributed by atoms with Gasteiger partial charge in [-0.05, 0) is 38.3 Å². The summed E-state index contributed by atoms with van der Waals surface area (Å²) in [5.41, 5.74) is 2.60. The Hall–Kier alpha value is -1.35. The summed E-state index contributed by atoms with van der Waals surface area (Å²) in [6.45, 7) is 7.38. The van der Waals surface area contributed by atoms with Crippen molar-refractivity contribution in [2.24, 2.45) is 0 Å². The summed E-state index contributed by atoms with van der Waals surface area (Å²) in [5.74, 6) is -0.0966. The van der Waals surface area contributed by atoms with Crippen LogP contribution in [0.3, 0.4) is 0 Å². The summed E-state index contributed by atoms with van der Waals surface area (Å²) in [6, 6.07) is 8.55. The van der Waals surface area contributed by atoms with E-state index in [-0.39, 0.29) is 12.0 Å². The molecule has 0 fully saturated rings. The molecular formula is C15H21NO2. The van der Waals surface area contributed by atoms with Crippen molar-refractivity contribution < 1.29 is 9.53 Å². The molecule has 1 aromatic carbocycles. The zero-order valence-corrected chi connectivity index (χ0v) is 11.3. The minimum atomic E-state index is -0.139. The van der Waals surface area contributed by atoms with Crippen LogP contribution >= 0.6 is 0 Å². The second kappa shape index (κ2) is 5.53. The Kier molecular flexibility index (Phi) is 4.02. The van der Waals surface area contributed by atoms with Crippen molar-refractivity contribution in [3.8, 4) is 0 Å². The average molecular weight is 247 g/mol. The van der Waals surface area contributed by atoms with E-state index < -0.39 is 0 Å². The van der Waals surface area contributed by atoms with E-state index in [0.717, 1.165) is 13.0 Å². The van der Waals surface area contributed by atoms with Crippen LogP contribution in [0.25, 0.3) is 0 Å². The monoisotopic (exact) mass is 247 g/mol. The predicted octanol–water partition coefficient (Wildman–Crippen LogP) is 2.38. The van der Waals surface area contributed by atoms with Crippen LogP contribution in [0.5, 0.6) is 0 Å². The second-order valence-electron chi connectivity index (χ2n) is 5.01. The van der Waals surface area contributed by atoms with Crippen LogP contribution < -0.4 is 0 Å². The molecule has 0 N–H and O–H groups in total. The van der Waals surface area contributed by atoms with Gasteiger partial charge >= 0.3 is 5.97 Å². The number of fused-ring (bicyclic) bond motifs is 1. The van der Waals surface area contributed by atoms with Crippen molar-refractivity contribution in [1.82, 2.24) is 4.90 Å². The third-order valence-corrected chi connectivity index (χ3v) is 3.51. The number of nitrogens with zero attached hydrogens (tertiary/aromatic N) is 1. The second-order valence-corrected chi connectivity index (χ2v) is 5.01. The zero-order chi connectivity index (χ0) is 13.1. The van der Waals surface area contributed by atoms with Gasteiger partial charge in [0.25, 0.3) is 0 Å². The Bertz CT molecular complexity index is 428. The standard InChI is InChI=1S/C15H21NO2/c1-4-18-15(17)14-9-12-7-5-6-8-13(12)10-16(14)11(2)3/h5-8,11,14H,4,9-10H2,1-3H3. The van der Waals surface area contributed by atoms with Crippen molar-refractivity contribution in [2.75, 3.05) is 6.61 Å². The van der Waals surface area contributed by atoms with E-state index in [2.05, 4.69) is 36.9 Å². The van der Waals surface area contributed by atoms with Gasteiger partial charge in [0, 0.05) is 12.6 Å². The normalized spacial score (nSPS) is 19.7. The van der Waals surface area contributed by atoms with Crippen LogP contribution in [-0.2, 0) is 22.5 Å². The predicted molar refractivity (Wildman–Crippen MR) is 71.2 cm³/mol. The van der Waals surface area contributed by atoms with Crippen molar-refractivity contribution in [3.05, 3.63) is 35.4 Å². The van der Waals surface area contributed by atoms with E-state index in [1.165, 1.54) is 11.1 Å². The Morgan fingerprint density at radius 3 is 2.67 bits per heavy atom. The molecule has 0 bridgehead atoms.